The number of halogens is 1. The van der Waals surface area contributed by atoms with E-state index in [4.69, 9.17) is 16.3 Å². The average Bonchev–Trinajstić information content (AvgIpc) is 2.80. The van der Waals surface area contributed by atoms with Gasteiger partial charge in [-0.25, -0.2) is 5.43 Å². The minimum absolute atomic E-state index is 0.215. The van der Waals surface area contributed by atoms with E-state index in [0.717, 1.165) is 5.56 Å². The quantitative estimate of drug-likeness (QED) is 0.281. The Bertz CT molecular complexity index is 1200. The molecular weight excluding hydrogens is 444 g/mol. The number of para-hydroxylation sites is 2. The molecule has 0 aromatic heterocycles. The summed E-state index contributed by atoms with van der Waals surface area (Å²) in [5.41, 5.74) is 4.69. The summed E-state index contributed by atoms with van der Waals surface area (Å²) >= 11 is 5.85. The molecule has 0 aliphatic carbocycles. The first kappa shape index (κ1) is 23.5. The molecule has 0 saturated heterocycles. The van der Waals surface area contributed by atoms with Crippen molar-refractivity contribution in [2.75, 3.05) is 17.2 Å². The maximum absolute atomic E-state index is 12.2. The molecule has 9 heteroatoms. The van der Waals surface area contributed by atoms with Crippen LogP contribution in [0, 0.1) is 6.92 Å². The molecule has 3 N–H and O–H groups in total. The van der Waals surface area contributed by atoms with Gasteiger partial charge in [0.05, 0.1) is 6.21 Å². The molecule has 0 radical (unpaired) electrons. The summed E-state index contributed by atoms with van der Waals surface area (Å²) in [6.07, 6.45) is 1.32. The predicted octanol–water partition coefficient (Wildman–Crippen LogP) is 3.75. The Labute approximate surface area is 195 Å². The number of aryl methyl sites for hydroxylation is 1. The second-order valence-corrected chi connectivity index (χ2v) is 7.29. The number of rotatable bonds is 7. The van der Waals surface area contributed by atoms with Crippen LogP contribution >= 0.6 is 11.6 Å². The highest BCUT2D eigenvalue weighted by atomic mass is 35.5. The summed E-state index contributed by atoms with van der Waals surface area (Å²) in [7, 11) is 0. The smallest absolute Gasteiger partial charge is 0.329 e. The number of hydrogen-bond acceptors (Lipinski definition) is 5. The molecule has 3 aromatic rings. The van der Waals surface area contributed by atoms with Crippen molar-refractivity contribution in [3.63, 3.8) is 0 Å². The van der Waals surface area contributed by atoms with Gasteiger partial charge in [0.15, 0.2) is 6.61 Å². The van der Waals surface area contributed by atoms with Gasteiger partial charge < -0.3 is 15.4 Å². The first-order valence-corrected chi connectivity index (χ1v) is 10.3. The van der Waals surface area contributed by atoms with Crippen molar-refractivity contribution in [1.29, 1.82) is 0 Å². The summed E-state index contributed by atoms with van der Waals surface area (Å²) in [5, 5.41) is 9.43. The van der Waals surface area contributed by atoms with Crippen LogP contribution in [0.1, 0.15) is 11.1 Å². The van der Waals surface area contributed by atoms with Crippen LogP contribution in [0.25, 0.3) is 0 Å². The highest BCUT2D eigenvalue weighted by Crippen LogP contribution is 2.17. The Hall–Kier alpha value is -4.17. The maximum Gasteiger partial charge on any atom is 0.329 e. The Kier molecular flexibility index (Phi) is 8.15. The van der Waals surface area contributed by atoms with Gasteiger partial charge in [-0.15, -0.1) is 0 Å². The molecular formula is C24H21ClN4O4. The second-order valence-electron chi connectivity index (χ2n) is 6.85. The Morgan fingerprint density at radius 3 is 2.48 bits per heavy atom. The van der Waals surface area contributed by atoms with Gasteiger partial charge in [0, 0.05) is 22.0 Å². The molecule has 0 spiro atoms. The monoisotopic (exact) mass is 464 g/mol. The van der Waals surface area contributed by atoms with Crippen molar-refractivity contribution < 1.29 is 19.1 Å². The van der Waals surface area contributed by atoms with E-state index in [1.54, 1.807) is 48.5 Å². The zero-order chi connectivity index (χ0) is 23.6. The van der Waals surface area contributed by atoms with Crippen molar-refractivity contribution in [3.05, 3.63) is 88.9 Å². The molecule has 0 heterocycles. The first-order chi connectivity index (χ1) is 15.9. The predicted molar refractivity (Wildman–Crippen MR) is 128 cm³/mol. The van der Waals surface area contributed by atoms with Crippen LogP contribution in [0.5, 0.6) is 5.75 Å². The van der Waals surface area contributed by atoms with Crippen LogP contribution in [-0.2, 0) is 14.4 Å². The number of anilines is 2. The van der Waals surface area contributed by atoms with Gasteiger partial charge in [-0.1, -0.05) is 48.0 Å². The Morgan fingerprint density at radius 1 is 0.939 bits per heavy atom. The zero-order valence-corrected chi connectivity index (χ0v) is 18.4. The third-order valence-electron chi connectivity index (χ3n) is 4.36. The van der Waals surface area contributed by atoms with Crippen LogP contribution < -0.4 is 20.8 Å². The number of nitrogens with zero attached hydrogens (tertiary/aromatic N) is 1. The Balaban J connectivity index is 1.54. The molecule has 33 heavy (non-hydrogen) atoms. The van der Waals surface area contributed by atoms with Gasteiger partial charge in [-0.05, 0) is 48.9 Å². The van der Waals surface area contributed by atoms with Gasteiger partial charge in [0.1, 0.15) is 5.75 Å². The lowest BCUT2D eigenvalue weighted by atomic mass is 10.2. The highest BCUT2D eigenvalue weighted by molar-refractivity contribution is 6.39. The third kappa shape index (κ3) is 7.19. The van der Waals surface area contributed by atoms with Crippen molar-refractivity contribution in [1.82, 2.24) is 5.43 Å². The van der Waals surface area contributed by atoms with E-state index in [0.29, 0.717) is 27.7 Å². The van der Waals surface area contributed by atoms with Crippen molar-refractivity contribution in [2.24, 2.45) is 5.10 Å². The largest absolute Gasteiger partial charge is 0.483 e. The number of hydrogen-bond donors (Lipinski definition) is 3. The molecule has 8 nitrogen and oxygen atoms in total. The third-order valence-corrected chi connectivity index (χ3v) is 4.59. The highest BCUT2D eigenvalue weighted by Gasteiger charge is 2.13. The SMILES string of the molecule is Cc1ccccc1NC(=O)COc1ccccc1C=NNC(=O)C(=O)Nc1cccc(Cl)c1. The molecule has 0 aliphatic rings. The topological polar surface area (TPSA) is 109 Å². The summed E-state index contributed by atoms with van der Waals surface area (Å²) in [4.78, 5) is 36.2. The lowest BCUT2D eigenvalue weighted by Gasteiger charge is -2.11. The minimum Gasteiger partial charge on any atom is -0.483 e. The number of amides is 3. The molecule has 0 aliphatic heterocycles. The van der Waals surface area contributed by atoms with Crippen LogP contribution in [0.3, 0.4) is 0 Å². The normalized spacial score (nSPS) is 10.5. The van der Waals surface area contributed by atoms with Gasteiger partial charge in [0.25, 0.3) is 5.91 Å². The number of nitrogens with one attached hydrogen (secondary N) is 3. The minimum atomic E-state index is -0.956. The standard InChI is InChI=1S/C24H21ClN4O4/c1-16-7-2-4-11-20(16)28-22(30)15-33-21-12-5-3-8-17(21)14-26-29-24(32)23(31)27-19-10-6-9-18(25)13-19/h2-14H,15H2,1H3,(H,27,31)(H,28,30)(H,29,32). The van der Waals surface area contributed by atoms with Gasteiger partial charge in [-0.3, -0.25) is 14.4 Å². The summed E-state index contributed by atoms with van der Waals surface area (Å²) in [6, 6.07) is 20.7. The number of benzene rings is 3. The first-order valence-electron chi connectivity index (χ1n) is 9.89. The van der Waals surface area contributed by atoms with E-state index in [1.807, 2.05) is 25.1 Å². The number of carbonyl (C=O) groups is 3. The van der Waals surface area contributed by atoms with E-state index in [1.165, 1.54) is 12.3 Å². The lowest BCUT2D eigenvalue weighted by Crippen LogP contribution is -2.32. The average molecular weight is 465 g/mol. The number of hydrazone groups is 1. The lowest BCUT2D eigenvalue weighted by molar-refractivity contribution is -0.136. The van der Waals surface area contributed by atoms with E-state index in [-0.39, 0.29) is 12.5 Å². The molecule has 0 saturated carbocycles. The van der Waals surface area contributed by atoms with E-state index in [9.17, 15) is 14.4 Å². The van der Waals surface area contributed by atoms with Crippen LogP contribution in [0.4, 0.5) is 11.4 Å². The van der Waals surface area contributed by atoms with Gasteiger partial charge in [-0.2, -0.15) is 5.10 Å². The molecule has 3 amide bonds. The van der Waals surface area contributed by atoms with Crippen LogP contribution in [-0.4, -0.2) is 30.5 Å². The molecule has 0 atom stereocenters. The fourth-order valence-corrected chi connectivity index (χ4v) is 2.92. The maximum atomic E-state index is 12.2. The summed E-state index contributed by atoms with van der Waals surface area (Å²) in [5.74, 6) is -1.78. The van der Waals surface area contributed by atoms with E-state index >= 15 is 0 Å². The number of carbonyl (C=O) groups excluding carboxylic acids is 3. The fraction of sp³-hybridized carbons (Fsp3) is 0.0833. The van der Waals surface area contributed by atoms with Gasteiger partial charge >= 0.3 is 11.8 Å². The van der Waals surface area contributed by atoms with E-state index in [2.05, 4.69) is 21.2 Å². The zero-order valence-electron chi connectivity index (χ0n) is 17.7. The summed E-state index contributed by atoms with van der Waals surface area (Å²) < 4.78 is 5.60. The van der Waals surface area contributed by atoms with E-state index < -0.39 is 11.8 Å². The van der Waals surface area contributed by atoms with Crippen LogP contribution in [0.15, 0.2) is 77.9 Å². The number of ether oxygens (including phenoxy) is 1. The van der Waals surface area contributed by atoms with Crippen molar-refractivity contribution >= 4 is 46.9 Å². The Morgan fingerprint density at radius 2 is 1.70 bits per heavy atom. The molecule has 0 fully saturated rings. The summed E-state index contributed by atoms with van der Waals surface area (Å²) in [6.45, 7) is 1.68. The molecule has 3 rings (SSSR count). The van der Waals surface area contributed by atoms with Gasteiger partial charge in [0.2, 0.25) is 0 Å². The molecule has 0 bridgehead atoms. The molecule has 168 valence electrons. The molecule has 3 aromatic carbocycles. The second kappa shape index (κ2) is 11.4. The van der Waals surface area contributed by atoms with Crippen molar-refractivity contribution in [3.8, 4) is 5.75 Å². The fourth-order valence-electron chi connectivity index (χ4n) is 2.73. The van der Waals surface area contributed by atoms with Crippen molar-refractivity contribution in [2.45, 2.75) is 6.92 Å². The van der Waals surface area contributed by atoms with Crippen LogP contribution in [0.2, 0.25) is 5.02 Å². The molecule has 0 unspecified atom stereocenters.